The molecule has 1 heterocycles. The fourth-order valence-corrected chi connectivity index (χ4v) is 2.44. The molecule has 1 aromatic heterocycles. The van der Waals surface area contributed by atoms with Crippen LogP contribution in [-0.2, 0) is 0 Å². The maximum Gasteiger partial charge on any atom is 0.0412 e. The molecule has 2 N–H and O–H groups in total. The summed E-state index contributed by atoms with van der Waals surface area (Å²) in [5.41, 5.74) is 5.79. The summed E-state index contributed by atoms with van der Waals surface area (Å²) in [7, 11) is 0. The van der Waals surface area contributed by atoms with Crippen LogP contribution in [0.15, 0.2) is 24.3 Å². The molecule has 0 bridgehead atoms. The fraction of sp³-hybridized carbons (Fsp3) is 0.200. The van der Waals surface area contributed by atoms with Crippen LogP contribution in [0.4, 0.5) is 0 Å². The Morgan fingerprint density at radius 3 is 2.85 bits per heavy atom. The second-order valence-electron chi connectivity index (χ2n) is 3.12. The van der Waals surface area contributed by atoms with Gasteiger partial charge in [0.2, 0.25) is 0 Å². The molecule has 1 aromatic carbocycles. The van der Waals surface area contributed by atoms with Crippen LogP contribution in [0.25, 0.3) is 10.1 Å². The molecule has 0 unspecified atom stereocenters. The van der Waals surface area contributed by atoms with Gasteiger partial charge >= 0.3 is 0 Å². The molecule has 0 aliphatic carbocycles. The molecular formula is C10H10ClNS. The van der Waals surface area contributed by atoms with Gasteiger partial charge in [0.25, 0.3) is 0 Å². The van der Waals surface area contributed by atoms with E-state index in [9.17, 15) is 0 Å². The van der Waals surface area contributed by atoms with Crippen molar-refractivity contribution in [1.29, 1.82) is 0 Å². The van der Waals surface area contributed by atoms with Crippen LogP contribution < -0.4 is 5.73 Å². The van der Waals surface area contributed by atoms with Crippen molar-refractivity contribution in [3.05, 3.63) is 34.2 Å². The number of rotatable bonds is 1. The molecule has 0 saturated heterocycles. The van der Waals surface area contributed by atoms with Gasteiger partial charge in [-0.3, -0.25) is 0 Å². The average molecular weight is 212 g/mol. The molecule has 0 amide bonds. The third-order valence-electron chi connectivity index (χ3n) is 1.95. The van der Waals surface area contributed by atoms with Crippen molar-refractivity contribution in [2.45, 2.75) is 13.0 Å². The van der Waals surface area contributed by atoms with E-state index in [2.05, 4.69) is 6.07 Å². The minimum atomic E-state index is 0.108. The summed E-state index contributed by atoms with van der Waals surface area (Å²) in [5, 5.41) is 1.96. The first-order valence-electron chi connectivity index (χ1n) is 4.11. The highest BCUT2D eigenvalue weighted by molar-refractivity contribution is 7.19. The molecule has 1 atom stereocenters. The van der Waals surface area contributed by atoms with Crippen LogP contribution in [0, 0.1) is 0 Å². The highest BCUT2D eigenvalue weighted by Gasteiger charge is 2.05. The van der Waals surface area contributed by atoms with Gasteiger partial charge in [0.1, 0.15) is 0 Å². The van der Waals surface area contributed by atoms with Crippen LogP contribution in [0.1, 0.15) is 17.8 Å². The van der Waals surface area contributed by atoms with Gasteiger partial charge in [0.05, 0.1) is 0 Å². The number of thiophene rings is 1. The molecule has 68 valence electrons. The maximum absolute atomic E-state index is 5.88. The Morgan fingerprint density at radius 1 is 1.38 bits per heavy atom. The van der Waals surface area contributed by atoms with E-state index in [1.54, 1.807) is 11.3 Å². The summed E-state index contributed by atoms with van der Waals surface area (Å²) in [4.78, 5) is 1.21. The van der Waals surface area contributed by atoms with Crippen LogP contribution >= 0.6 is 22.9 Å². The van der Waals surface area contributed by atoms with E-state index in [0.29, 0.717) is 0 Å². The minimum absolute atomic E-state index is 0.108. The van der Waals surface area contributed by atoms with Crippen molar-refractivity contribution >= 4 is 33.0 Å². The highest BCUT2D eigenvalue weighted by Crippen LogP contribution is 2.30. The molecule has 0 saturated carbocycles. The summed E-state index contributed by atoms with van der Waals surface area (Å²) < 4.78 is 1.25. The Balaban J connectivity index is 2.62. The molecule has 2 rings (SSSR count). The van der Waals surface area contributed by atoms with E-state index in [0.717, 1.165) is 5.02 Å². The lowest BCUT2D eigenvalue weighted by Gasteiger charge is -1.96. The normalized spacial score (nSPS) is 13.5. The van der Waals surface area contributed by atoms with Crippen molar-refractivity contribution in [2.24, 2.45) is 5.73 Å². The van der Waals surface area contributed by atoms with E-state index >= 15 is 0 Å². The van der Waals surface area contributed by atoms with Gasteiger partial charge in [-0.05, 0) is 36.6 Å². The first kappa shape index (κ1) is 9.00. The van der Waals surface area contributed by atoms with E-state index in [1.165, 1.54) is 15.0 Å². The molecule has 13 heavy (non-hydrogen) atoms. The van der Waals surface area contributed by atoms with Crippen LogP contribution in [-0.4, -0.2) is 0 Å². The van der Waals surface area contributed by atoms with Crippen LogP contribution in [0.2, 0.25) is 5.02 Å². The lowest BCUT2D eigenvalue weighted by Crippen LogP contribution is -2.01. The topological polar surface area (TPSA) is 26.0 Å². The summed E-state index contributed by atoms with van der Waals surface area (Å²) >= 11 is 7.61. The Labute approximate surface area is 86.1 Å². The largest absolute Gasteiger partial charge is 0.324 e. The quantitative estimate of drug-likeness (QED) is 0.767. The number of benzene rings is 1. The van der Waals surface area contributed by atoms with Gasteiger partial charge < -0.3 is 5.73 Å². The molecule has 2 aromatic rings. The second-order valence-corrected chi connectivity index (χ2v) is 4.67. The van der Waals surface area contributed by atoms with Crippen molar-refractivity contribution in [1.82, 2.24) is 0 Å². The molecule has 0 fully saturated rings. The summed E-state index contributed by atoms with van der Waals surface area (Å²) in [6, 6.07) is 8.13. The molecular weight excluding hydrogens is 202 g/mol. The monoisotopic (exact) mass is 211 g/mol. The molecule has 1 nitrogen and oxygen atoms in total. The van der Waals surface area contributed by atoms with Gasteiger partial charge in [-0.2, -0.15) is 0 Å². The van der Waals surface area contributed by atoms with Crippen LogP contribution in [0.3, 0.4) is 0 Å². The zero-order valence-corrected chi connectivity index (χ0v) is 8.82. The third kappa shape index (κ3) is 1.70. The molecule has 0 aliphatic heterocycles. The van der Waals surface area contributed by atoms with E-state index < -0.39 is 0 Å². The first-order chi connectivity index (χ1) is 6.16. The average Bonchev–Trinajstić information content (AvgIpc) is 2.46. The number of hydrogen-bond donors (Lipinski definition) is 1. The zero-order valence-electron chi connectivity index (χ0n) is 7.25. The highest BCUT2D eigenvalue weighted by atomic mass is 35.5. The van der Waals surface area contributed by atoms with Gasteiger partial charge in [0, 0.05) is 20.6 Å². The van der Waals surface area contributed by atoms with Crippen molar-refractivity contribution in [3.8, 4) is 0 Å². The third-order valence-corrected chi connectivity index (χ3v) is 3.50. The lowest BCUT2D eigenvalue weighted by atomic mass is 10.2. The van der Waals surface area contributed by atoms with Gasteiger partial charge in [0.15, 0.2) is 0 Å². The second kappa shape index (κ2) is 3.29. The fourth-order valence-electron chi connectivity index (χ4n) is 1.26. The lowest BCUT2D eigenvalue weighted by molar-refractivity contribution is 0.839. The number of nitrogens with two attached hydrogens (primary N) is 1. The predicted molar refractivity (Wildman–Crippen MR) is 59.4 cm³/mol. The summed E-state index contributed by atoms with van der Waals surface area (Å²) in [5.74, 6) is 0. The standard InChI is InChI=1S/C10H10ClNS/c1-6(12)10-5-7-4-8(11)2-3-9(7)13-10/h2-6H,12H2,1H3/t6-/m0/s1. The Hall–Kier alpha value is -0.570. The zero-order chi connectivity index (χ0) is 9.42. The van der Waals surface area contributed by atoms with E-state index in [1.807, 2.05) is 25.1 Å². The number of fused-ring (bicyclic) bond motifs is 1. The Bertz CT molecular complexity index is 433. The predicted octanol–water partition coefficient (Wildman–Crippen LogP) is 3.57. The molecule has 0 spiro atoms. The smallest absolute Gasteiger partial charge is 0.0412 e. The Kier molecular flexibility index (Phi) is 2.28. The number of hydrogen-bond acceptors (Lipinski definition) is 2. The van der Waals surface area contributed by atoms with Gasteiger partial charge in [-0.25, -0.2) is 0 Å². The number of halogens is 1. The van der Waals surface area contributed by atoms with Crippen molar-refractivity contribution in [3.63, 3.8) is 0 Å². The summed E-state index contributed by atoms with van der Waals surface area (Å²) in [6.45, 7) is 1.99. The summed E-state index contributed by atoms with van der Waals surface area (Å²) in [6.07, 6.45) is 0. The van der Waals surface area contributed by atoms with Crippen molar-refractivity contribution < 1.29 is 0 Å². The van der Waals surface area contributed by atoms with E-state index in [-0.39, 0.29) is 6.04 Å². The van der Waals surface area contributed by atoms with Crippen LogP contribution in [0.5, 0.6) is 0 Å². The first-order valence-corrected chi connectivity index (χ1v) is 5.31. The SMILES string of the molecule is C[C@H](N)c1cc2cc(Cl)ccc2s1. The molecule has 0 radical (unpaired) electrons. The van der Waals surface area contributed by atoms with E-state index in [4.69, 9.17) is 17.3 Å². The minimum Gasteiger partial charge on any atom is -0.324 e. The van der Waals surface area contributed by atoms with Crippen molar-refractivity contribution in [2.75, 3.05) is 0 Å². The molecule has 3 heteroatoms. The van der Waals surface area contributed by atoms with Gasteiger partial charge in [-0.1, -0.05) is 11.6 Å². The maximum atomic E-state index is 5.88. The molecule has 0 aliphatic rings. The van der Waals surface area contributed by atoms with Gasteiger partial charge in [-0.15, -0.1) is 11.3 Å². The Morgan fingerprint density at radius 2 is 2.15 bits per heavy atom.